The molecule has 0 atom stereocenters. The second kappa shape index (κ2) is 3.95. The molecule has 0 unspecified atom stereocenters. The zero-order valence-corrected chi connectivity index (χ0v) is 6.01. The van der Waals surface area contributed by atoms with Gasteiger partial charge >= 0.3 is 0 Å². The highest BCUT2D eigenvalue weighted by molar-refractivity contribution is 5.86. The van der Waals surface area contributed by atoms with Gasteiger partial charge in [0, 0.05) is 33.4 Å². The van der Waals surface area contributed by atoms with Gasteiger partial charge in [-0.05, 0) is 0 Å². The number of hydrogen-bond acceptors (Lipinski definition) is 2. The summed E-state index contributed by atoms with van der Waals surface area (Å²) < 4.78 is 0. The largest absolute Gasteiger partial charge is 0.383 e. The fourth-order valence-electron chi connectivity index (χ4n) is 0.300. The molecule has 0 saturated carbocycles. The third-order valence-corrected chi connectivity index (χ3v) is 0.770. The molecule has 0 aromatic carbocycles. The molecule has 3 heteroatoms. The number of hydrogen-bond donors (Lipinski definition) is 1. The number of rotatable bonds is 2. The summed E-state index contributed by atoms with van der Waals surface area (Å²) in [6.45, 7) is 0. The summed E-state index contributed by atoms with van der Waals surface area (Å²) in [7, 11) is 5.32. The van der Waals surface area contributed by atoms with Crippen LogP contribution < -0.4 is 5.32 Å². The molecule has 0 saturated heterocycles. The summed E-state index contributed by atoms with van der Waals surface area (Å²) in [5, 5.41) is 2.47. The van der Waals surface area contributed by atoms with Crippen LogP contribution in [0.25, 0.3) is 0 Å². The van der Waals surface area contributed by atoms with Crippen LogP contribution in [0.15, 0.2) is 12.3 Å². The van der Waals surface area contributed by atoms with Crippen LogP contribution >= 0.6 is 0 Å². The molecule has 0 aromatic heterocycles. The van der Waals surface area contributed by atoms with Gasteiger partial charge < -0.3 is 10.2 Å². The molecule has 0 aromatic rings. The predicted octanol–water partition coefficient (Wildman–Crippen LogP) is -0.192. The lowest BCUT2D eigenvalue weighted by Crippen LogP contribution is -2.15. The molecule has 0 rings (SSSR count). The van der Waals surface area contributed by atoms with E-state index in [9.17, 15) is 4.79 Å². The van der Waals surface area contributed by atoms with Gasteiger partial charge in [0.05, 0.1) is 0 Å². The highest BCUT2D eigenvalue weighted by Gasteiger charge is 1.85. The second-order valence-corrected chi connectivity index (χ2v) is 1.89. The molecule has 9 heavy (non-hydrogen) atoms. The minimum atomic E-state index is -0.0799. The van der Waals surface area contributed by atoms with E-state index in [-0.39, 0.29) is 5.91 Å². The lowest BCUT2D eigenvalue weighted by atomic mass is 10.5. The molecule has 0 heterocycles. The van der Waals surface area contributed by atoms with Crippen molar-refractivity contribution in [2.45, 2.75) is 0 Å². The number of nitrogens with zero attached hydrogens (tertiary/aromatic N) is 1. The first kappa shape index (κ1) is 8.01. The van der Waals surface area contributed by atoms with Gasteiger partial charge in [-0.25, -0.2) is 0 Å². The molecular weight excluding hydrogens is 116 g/mol. The van der Waals surface area contributed by atoms with E-state index < -0.39 is 0 Å². The van der Waals surface area contributed by atoms with E-state index in [1.54, 1.807) is 18.1 Å². The van der Waals surface area contributed by atoms with Crippen molar-refractivity contribution < 1.29 is 4.79 Å². The standard InChI is InChI=1S/C6H12N2O/c1-7-6(9)4-5-8(2)3/h4-5H,1-3H3,(H,7,9). The van der Waals surface area contributed by atoms with Crippen molar-refractivity contribution in [3.8, 4) is 0 Å². The fourth-order valence-corrected chi connectivity index (χ4v) is 0.300. The SMILES string of the molecule is CNC(=O)C=CN(C)C. The predicted molar refractivity (Wildman–Crippen MR) is 36.9 cm³/mol. The van der Waals surface area contributed by atoms with Crippen LogP contribution in [0.1, 0.15) is 0 Å². The summed E-state index contributed by atoms with van der Waals surface area (Å²) >= 11 is 0. The van der Waals surface area contributed by atoms with Crippen molar-refractivity contribution in [1.82, 2.24) is 10.2 Å². The fraction of sp³-hybridized carbons (Fsp3) is 0.500. The minimum Gasteiger partial charge on any atom is -0.383 e. The molecule has 0 radical (unpaired) electrons. The van der Waals surface area contributed by atoms with Gasteiger partial charge in [0.1, 0.15) is 0 Å². The van der Waals surface area contributed by atoms with Crippen LogP contribution in [0.3, 0.4) is 0 Å². The summed E-state index contributed by atoms with van der Waals surface area (Å²) in [5.41, 5.74) is 0. The zero-order valence-electron chi connectivity index (χ0n) is 6.01. The monoisotopic (exact) mass is 128 g/mol. The van der Waals surface area contributed by atoms with Gasteiger partial charge in [0.25, 0.3) is 0 Å². The van der Waals surface area contributed by atoms with Crippen molar-refractivity contribution in [1.29, 1.82) is 0 Å². The highest BCUT2D eigenvalue weighted by atomic mass is 16.1. The van der Waals surface area contributed by atoms with Crippen molar-refractivity contribution in [2.24, 2.45) is 0 Å². The van der Waals surface area contributed by atoms with E-state index in [0.717, 1.165) is 0 Å². The van der Waals surface area contributed by atoms with E-state index in [1.807, 2.05) is 14.1 Å². The topological polar surface area (TPSA) is 32.3 Å². The first-order chi connectivity index (χ1) is 4.16. The normalized spacial score (nSPS) is 9.67. The Labute approximate surface area is 55.3 Å². The van der Waals surface area contributed by atoms with Crippen LogP contribution in [0.2, 0.25) is 0 Å². The van der Waals surface area contributed by atoms with E-state index in [0.29, 0.717) is 0 Å². The quantitative estimate of drug-likeness (QED) is 0.523. The molecule has 3 nitrogen and oxygen atoms in total. The Morgan fingerprint density at radius 1 is 1.56 bits per heavy atom. The molecule has 0 aliphatic heterocycles. The first-order valence-corrected chi connectivity index (χ1v) is 2.73. The van der Waals surface area contributed by atoms with Crippen LogP contribution in [-0.2, 0) is 4.79 Å². The molecule has 0 spiro atoms. The maximum absolute atomic E-state index is 10.5. The van der Waals surface area contributed by atoms with E-state index in [2.05, 4.69) is 5.32 Å². The van der Waals surface area contributed by atoms with Crippen LogP contribution in [0.5, 0.6) is 0 Å². The Hall–Kier alpha value is -0.990. The second-order valence-electron chi connectivity index (χ2n) is 1.89. The molecule has 0 aliphatic carbocycles. The van der Waals surface area contributed by atoms with Crippen LogP contribution in [0, 0.1) is 0 Å². The van der Waals surface area contributed by atoms with Gasteiger partial charge in [-0.1, -0.05) is 0 Å². The Kier molecular flexibility index (Phi) is 3.51. The molecule has 1 amide bonds. The van der Waals surface area contributed by atoms with Crippen molar-refractivity contribution in [2.75, 3.05) is 21.1 Å². The Morgan fingerprint density at radius 2 is 2.11 bits per heavy atom. The number of nitrogens with one attached hydrogen (secondary N) is 1. The Balaban J connectivity index is 3.57. The molecule has 0 aliphatic rings. The summed E-state index contributed by atoms with van der Waals surface area (Å²) in [6, 6.07) is 0. The van der Waals surface area contributed by atoms with Gasteiger partial charge in [-0.15, -0.1) is 0 Å². The van der Waals surface area contributed by atoms with Crippen molar-refractivity contribution in [3.63, 3.8) is 0 Å². The van der Waals surface area contributed by atoms with Gasteiger partial charge in [0.15, 0.2) is 0 Å². The van der Waals surface area contributed by atoms with Crippen LogP contribution in [0.4, 0.5) is 0 Å². The molecule has 0 bridgehead atoms. The third-order valence-electron chi connectivity index (χ3n) is 0.770. The van der Waals surface area contributed by atoms with Gasteiger partial charge in [-0.2, -0.15) is 0 Å². The average molecular weight is 128 g/mol. The zero-order chi connectivity index (χ0) is 7.28. The van der Waals surface area contributed by atoms with E-state index >= 15 is 0 Å². The summed E-state index contributed by atoms with van der Waals surface area (Å²) in [5.74, 6) is -0.0799. The lowest BCUT2D eigenvalue weighted by Gasteiger charge is -2.01. The van der Waals surface area contributed by atoms with Crippen LogP contribution in [-0.4, -0.2) is 32.0 Å². The number of likely N-dealkylation sites (N-methyl/N-ethyl adjacent to an activating group) is 1. The summed E-state index contributed by atoms with van der Waals surface area (Å²) in [6.07, 6.45) is 3.17. The highest BCUT2D eigenvalue weighted by Crippen LogP contribution is 1.75. The minimum absolute atomic E-state index is 0.0799. The molecule has 1 N–H and O–H groups in total. The third kappa shape index (κ3) is 4.87. The number of carbonyl (C=O) groups excluding carboxylic acids is 1. The Morgan fingerprint density at radius 3 is 2.44 bits per heavy atom. The van der Waals surface area contributed by atoms with E-state index in [1.165, 1.54) is 6.08 Å². The summed E-state index contributed by atoms with van der Waals surface area (Å²) in [4.78, 5) is 12.3. The van der Waals surface area contributed by atoms with Gasteiger partial charge in [0.2, 0.25) is 5.91 Å². The smallest absolute Gasteiger partial charge is 0.245 e. The molecule has 52 valence electrons. The number of carbonyl (C=O) groups is 1. The van der Waals surface area contributed by atoms with Crippen molar-refractivity contribution >= 4 is 5.91 Å². The van der Waals surface area contributed by atoms with Crippen molar-refractivity contribution in [3.05, 3.63) is 12.3 Å². The number of amides is 1. The lowest BCUT2D eigenvalue weighted by molar-refractivity contribution is -0.116. The van der Waals surface area contributed by atoms with E-state index in [4.69, 9.17) is 0 Å². The average Bonchev–Trinajstić information content (AvgIpc) is 1.83. The molecule has 0 fully saturated rings. The van der Waals surface area contributed by atoms with Gasteiger partial charge in [-0.3, -0.25) is 4.79 Å². The maximum Gasteiger partial charge on any atom is 0.245 e. The first-order valence-electron chi connectivity index (χ1n) is 2.73. The maximum atomic E-state index is 10.5. The molecular formula is C6H12N2O. The Bertz CT molecular complexity index is 118.